The summed E-state index contributed by atoms with van der Waals surface area (Å²) < 4.78 is 6.21. The van der Waals surface area contributed by atoms with Crippen LogP contribution in [0, 0.1) is 0 Å². The van der Waals surface area contributed by atoms with Gasteiger partial charge in [-0.3, -0.25) is 0 Å². The number of hydrogen-bond acceptors (Lipinski definition) is 3. The van der Waals surface area contributed by atoms with Crippen molar-refractivity contribution in [3.8, 4) is 0 Å². The molecule has 0 saturated carbocycles. The van der Waals surface area contributed by atoms with Gasteiger partial charge in [0.15, 0.2) is 11.8 Å². The lowest BCUT2D eigenvalue weighted by atomic mass is 10.7. The van der Waals surface area contributed by atoms with Gasteiger partial charge < -0.3 is 10.3 Å². The van der Waals surface area contributed by atoms with Gasteiger partial charge >= 0.3 is 0 Å². The Kier molecular flexibility index (Phi) is 3.22. The van der Waals surface area contributed by atoms with Crippen LogP contribution in [0.4, 0.5) is 5.88 Å². The average molecular weight is 173 g/mol. The molecular formula is C6H11N3OS. The second-order valence-electron chi connectivity index (χ2n) is 2.03. The van der Waals surface area contributed by atoms with Crippen LogP contribution in [0.25, 0.3) is 5.73 Å². The Bertz CT molecular complexity index is 213. The van der Waals surface area contributed by atoms with Crippen molar-refractivity contribution in [2.75, 3.05) is 11.5 Å². The summed E-state index contributed by atoms with van der Waals surface area (Å²) in [6.45, 7) is 2.94. The van der Waals surface area contributed by atoms with Gasteiger partial charge in [0.2, 0.25) is 6.20 Å². The Balaban J connectivity index is 2.27. The number of hydrogen-bond donors (Lipinski definition) is 0. The predicted octanol–water partition coefficient (Wildman–Crippen LogP) is 1.40. The molecule has 0 aliphatic rings. The number of rotatable bonds is 4. The maximum absolute atomic E-state index is 7.04. The van der Waals surface area contributed by atoms with E-state index >= 15 is 0 Å². The summed E-state index contributed by atoms with van der Waals surface area (Å²) >= 11 is 1.85. The van der Waals surface area contributed by atoms with E-state index in [2.05, 4.69) is 16.7 Å². The van der Waals surface area contributed by atoms with E-state index in [0.717, 1.165) is 18.1 Å². The van der Waals surface area contributed by atoms with Gasteiger partial charge in [0, 0.05) is 0 Å². The highest BCUT2D eigenvalue weighted by atomic mass is 32.2. The predicted molar refractivity (Wildman–Crippen MR) is 43.7 cm³/mol. The molecular weight excluding hydrogens is 162 g/mol. The first-order valence-corrected chi connectivity index (χ1v) is 4.64. The van der Waals surface area contributed by atoms with E-state index in [1.165, 1.54) is 0 Å². The Labute approximate surface area is 69.7 Å². The summed E-state index contributed by atoms with van der Waals surface area (Å²) in [6, 6.07) is 0. The van der Waals surface area contributed by atoms with Crippen molar-refractivity contribution in [2.24, 2.45) is 0 Å². The molecule has 0 amide bonds. The van der Waals surface area contributed by atoms with Crippen LogP contribution in [-0.2, 0) is 6.54 Å². The second kappa shape index (κ2) is 4.23. The molecule has 1 rings (SSSR count). The van der Waals surface area contributed by atoms with Crippen molar-refractivity contribution >= 4 is 17.6 Å². The van der Waals surface area contributed by atoms with Crippen molar-refractivity contribution in [1.29, 1.82) is 0 Å². The smallest absolute Gasteiger partial charge is 0.222 e. The molecule has 1 aromatic rings. The molecule has 62 valence electrons. The van der Waals surface area contributed by atoms with Gasteiger partial charge in [0.1, 0.15) is 5.88 Å². The summed E-state index contributed by atoms with van der Waals surface area (Å²) in [6.07, 6.45) is 1.58. The van der Waals surface area contributed by atoms with Crippen molar-refractivity contribution in [3.05, 3.63) is 11.9 Å². The monoisotopic (exact) mass is 173 g/mol. The lowest BCUT2D eigenvalue weighted by Crippen LogP contribution is -2.35. The van der Waals surface area contributed by atoms with Gasteiger partial charge in [-0.25, -0.2) is 0 Å². The third kappa shape index (κ3) is 2.80. The molecule has 0 aliphatic heterocycles. The van der Waals surface area contributed by atoms with Crippen LogP contribution >= 0.6 is 11.8 Å². The van der Waals surface area contributed by atoms with E-state index in [4.69, 9.17) is 5.73 Å². The van der Waals surface area contributed by atoms with Gasteiger partial charge in [0.25, 0.3) is 0 Å². The Morgan fingerprint density at radius 1 is 1.82 bits per heavy atom. The number of nitrogens with zero attached hydrogens (tertiary/aromatic N) is 2. The molecule has 0 fully saturated rings. The van der Waals surface area contributed by atoms with Crippen LogP contribution in [0.5, 0.6) is 0 Å². The Hall–Kier alpha value is -0.710. The summed E-state index contributed by atoms with van der Waals surface area (Å²) in [5.74, 6) is 2.26. The molecule has 0 spiro atoms. The normalized spacial score (nSPS) is 10.3. The average Bonchev–Trinajstić information content (AvgIpc) is 2.37. The zero-order valence-electron chi connectivity index (χ0n) is 6.41. The van der Waals surface area contributed by atoms with Crippen LogP contribution in [0.1, 0.15) is 6.92 Å². The molecule has 0 aliphatic carbocycles. The van der Waals surface area contributed by atoms with Gasteiger partial charge in [-0.15, -0.1) is 0 Å². The lowest BCUT2D eigenvalue weighted by Gasteiger charge is -1.87. The fraction of sp³-hybridized carbons (Fsp3) is 0.667. The summed E-state index contributed by atoms with van der Waals surface area (Å²) in [4.78, 5) is 0. The molecule has 0 aromatic carbocycles. The Morgan fingerprint density at radius 3 is 3.18 bits per heavy atom. The van der Waals surface area contributed by atoms with E-state index in [0.29, 0.717) is 0 Å². The molecule has 0 saturated heterocycles. The van der Waals surface area contributed by atoms with Crippen LogP contribution in [-0.4, -0.2) is 16.8 Å². The van der Waals surface area contributed by atoms with E-state index in [1.54, 1.807) is 10.9 Å². The summed E-state index contributed by atoms with van der Waals surface area (Å²) in [5.41, 5.74) is 7.04. The third-order valence-electron chi connectivity index (χ3n) is 1.18. The molecule has 0 atom stereocenters. The minimum absolute atomic E-state index is 0.117. The summed E-state index contributed by atoms with van der Waals surface area (Å²) in [7, 11) is 0. The molecule has 1 aromatic heterocycles. The standard InChI is InChI=1S/C6H11N3OS/c1-2-11-4-3-9-5-6(7)10-8-9/h5,7H,2-4H2,1H3. The van der Waals surface area contributed by atoms with Crippen molar-refractivity contribution in [1.82, 2.24) is 5.27 Å². The second-order valence-corrected chi connectivity index (χ2v) is 3.42. The topological polar surface area (TPSA) is 53.7 Å². The number of aromatic nitrogens is 2. The molecule has 4 nitrogen and oxygen atoms in total. The first kappa shape index (κ1) is 8.39. The zero-order valence-corrected chi connectivity index (χ0v) is 7.23. The first-order chi connectivity index (χ1) is 5.33. The lowest BCUT2D eigenvalue weighted by molar-refractivity contribution is -0.758. The molecule has 5 heteroatoms. The van der Waals surface area contributed by atoms with E-state index < -0.39 is 0 Å². The van der Waals surface area contributed by atoms with E-state index in [9.17, 15) is 0 Å². The highest BCUT2D eigenvalue weighted by molar-refractivity contribution is 7.99. The van der Waals surface area contributed by atoms with E-state index in [1.807, 2.05) is 11.8 Å². The highest BCUT2D eigenvalue weighted by Crippen LogP contribution is 2.02. The highest BCUT2D eigenvalue weighted by Gasteiger charge is 2.03. The number of thioether (sulfide) groups is 1. The molecule has 0 unspecified atom stereocenters. The van der Waals surface area contributed by atoms with Crippen molar-refractivity contribution in [3.63, 3.8) is 0 Å². The quantitative estimate of drug-likeness (QED) is 0.511. The molecule has 1 N–H and O–H groups in total. The van der Waals surface area contributed by atoms with Crippen LogP contribution in [0.15, 0.2) is 10.7 Å². The number of nitrogens with one attached hydrogen (secondary N) is 1. The fourth-order valence-corrected chi connectivity index (χ4v) is 1.29. The van der Waals surface area contributed by atoms with E-state index in [-0.39, 0.29) is 5.88 Å². The minimum atomic E-state index is 0.117. The molecule has 0 bridgehead atoms. The largest absolute Gasteiger partial charge is 0.660 e. The SMILES string of the molecule is CCSCC[n+]1cc([NH-])on1. The molecule has 1 heterocycles. The van der Waals surface area contributed by atoms with Gasteiger partial charge in [-0.2, -0.15) is 11.8 Å². The maximum Gasteiger partial charge on any atom is 0.222 e. The first-order valence-electron chi connectivity index (χ1n) is 3.48. The fourth-order valence-electron chi connectivity index (χ4n) is 0.687. The molecule has 0 radical (unpaired) electrons. The molecule has 11 heavy (non-hydrogen) atoms. The van der Waals surface area contributed by atoms with Gasteiger partial charge in [-0.05, 0) is 5.75 Å². The zero-order chi connectivity index (χ0) is 8.10. The third-order valence-corrected chi connectivity index (χ3v) is 2.06. The maximum atomic E-state index is 7.04. The van der Waals surface area contributed by atoms with Crippen LogP contribution < -0.4 is 4.68 Å². The van der Waals surface area contributed by atoms with Gasteiger partial charge in [0.05, 0.1) is 5.75 Å². The minimum Gasteiger partial charge on any atom is -0.660 e. The number of aryl methyl sites for hydroxylation is 1. The van der Waals surface area contributed by atoms with Crippen molar-refractivity contribution < 1.29 is 9.20 Å². The summed E-state index contributed by atoms with van der Waals surface area (Å²) in [5, 5.41) is 3.63. The Morgan fingerprint density at radius 2 is 2.64 bits per heavy atom. The van der Waals surface area contributed by atoms with Crippen molar-refractivity contribution in [2.45, 2.75) is 13.5 Å². The van der Waals surface area contributed by atoms with Crippen LogP contribution in [0.2, 0.25) is 0 Å². The van der Waals surface area contributed by atoms with Crippen LogP contribution in [0.3, 0.4) is 0 Å². The van der Waals surface area contributed by atoms with Gasteiger partial charge in [-0.1, -0.05) is 11.6 Å².